The summed E-state index contributed by atoms with van der Waals surface area (Å²) in [4.78, 5) is 3.97. The lowest BCUT2D eigenvalue weighted by Gasteiger charge is -2.16. The Kier molecular flexibility index (Phi) is 4.81. The van der Waals surface area contributed by atoms with Crippen LogP contribution in [0.3, 0.4) is 0 Å². The van der Waals surface area contributed by atoms with Crippen molar-refractivity contribution in [1.82, 2.24) is 4.98 Å². The second-order valence-corrected chi connectivity index (χ2v) is 7.28. The van der Waals surface area contributed by atoms with Gasteiger partial charge in [0.25, 0.3) is 10.0 Å². The first-order valence-corrected chi connectivity index (χ1v) is 8.51. The zero-order valence-electron chi connectivity index (χ0n) is 12.7. The largest absolute Gasteiger partial charge is 0.278 e. The molecule has 1 aromatic heterocycles. The molecule has 4 nitrogen and oxygen atoms in total. The van der Waals surface area contributed by atoms with E-state index in [4.69, 9.17) is 0 Å². The topological polar surface area (TPSA) is 59.1 Å². The van der Waals surface area contributed by atoms with E-state index < -0.39 is 15.8 Å². The van der Waals surface area contributed by atoms with Crippen molar-refractivity contribution in [1.29, 1.82) is 0 Å². The second kappa shape index (κ2) is 6.44. The van der Waals surface area contributed by atoms with Gasteiger partial charge in [0.2, 0.25) is 0 Å². The van der Waals surface area contributed by atoms with Gasteiger partial charge in [0.15, 0.2) is 0 Å². The van der Waals surface area contributed by atoms with Crippen LogP contribution < -0.4 is 4.72 Å². The summed E-state index contributed by atoms with van der Waals surface area (Å²) in [5, 5.41) is 0. The van der Waals surface area contributed by atoms with Crippen LogP contribution >= 0.6 is 0 Å². The number of hydrogen-bond donors (Lipinski definition) is 1. The number of hydrogen-bond acceptors (Lipinski definition) is 3. The lowest BCUT2D eigenvalue weighted by molar-refractivity contribution is 0.534. The Morgan fingerprint density at radius 3 is 2.50 bits per heavy atom. The third kappa shape index (κ3) is 3.82. The Morgan fingerprint density at radius 1 is 1.14 bits per heavy atom. The molecule has 0 bridgehead atoms. The van der Waals surface area contributed by atoms with Crippen LogP contribution in [-0.4, -0.2) is 13.4 Å². The molecule has 1 N–H and O–H groups in total. The second-order valence-electron chi connectivity index (χ2n) is 5.60. The molecule has 2 aromatic rings. The number of benzene rings is 1. The maximum atomic E-state index is 13.2. The standard InChI is InChI=1S/C16H19FN2O2S/c1-11(2)12(3)13-7-15(10-18-9-13)19-22(20,21)16-6-4-5-14(17)8-16/h4-12,19H,1-3H3. The molecule has 0 saturated carbocycles. The first-order chi connectivity index (χ1) is 10.3. The predicted molar refractivity (Wildman–Crippen MR) is 84.7 cm³/mol. The zero-order chi connectivity index (χ0) is 16.3. The highest BCUT2D eigenvalue weighted by atomic mass is 32.2. The SMILES string of the molecule is CC(C)C(C)c1cncc(NS(=O)(=O)c2cccc(F)c2)c1. The molecule has 0 fully saturated rings. The van der Waals surface area contributed by atoms with Crippen molar-refractivity contribution < 1.29 is 12.8 Å². The normalized spacial score (nSPS) is 13.1. The molecule has 1 unspecified atom stereocenters. The van der Waals surface area contributed by atoms with Gasteiger partial charge in [-0.15, -0.1) is 0 Å². The van der Waals surface area contributed by atoms with Crippen LogP contribution in [0.4, 0.5) is 10.1 Å². The molecule has 1 atom stereocenters. The average molecular weight is 322 g/mol. The van der Waals surface area contributed by atoms with Crippen LogP contribution in [0.25, 0.3) is 0 Å². The molecule has 1 aromatic carbocycles. The van der Waals surface area contributed by atoms with Gasteiger partial charge in [-0.3, -0.25) is 9.71 Å². The highest BCUT2D eigenvalue weighted by Gasteiger charge is 2.16. The molecule has 1 heterocycles. The molecule has 2 rings (SSSR count). The Balaban J connectivity index is 2.29. The summed E-state index contributed by atoms with van der Waals surface area (Å²) < 4.78 is 40.2. The minimum atomic E-state index is -3.83. The maximum Gasteiger partial charge on any atom is 0.262 e. The van der Waals surface area contributed by atoms with Gasteiger partial charge in [-0.05, 0) is 41.7 Å². The summed E-state index contributed by atoms with van der Waals surface area (Å²) in [6, 6.07) is 6.65. The van der Waals surface area contributed by atoms with E-state index in [1.807, 2.05) is 0 Å². The number of nitrogens with one attached hydrogen (secondary N) is 1. The molecule has 0 aliphatic rings. The molecule has 6 heteroatoms. The molecular weight excluding hydrogens is 303 g/mol. The molecule has 0 spiro atoms. The van der Waals surface area contributed by atoms with Crippen LogP contribution in [-0.2, 0) is 10.0 Å². The molecule has 118 valence electrons. The number of anilines is 1. The minimum Gasteiger partial charge on any atom is -0.278 e. The van der Waals surface area contributed by atoms with E-state index in [1.165, 1.54) is 24.4 Å². The monoisotopic (exact) mass is 322 g/mol. The van der Waals surface area contributed by atoms with E-state index in [0.717, 1.165) is 11.6 Å². The first kappa shape index (κ1) is 16.4. The quantitative estimate of drug-likeness (QED) is 0.911. The van der Waals surface area contributed by atoms with Gasteiger partial charge in [0.05, 0.1) is 16.8 Å². The summed E-state index contributed by atoms with van der Waals surface area (Å²) in [5.41, 5.74) is 1.32. The highest BCUT2D eigenvalue weighted by Crippen LogP contribution is 2.25. The maximum absolute atomic E-state index is 13.2. The van der Waals surface area contributed by atoms with Crippen molar-refractivity contribution in [2.75, 3.05) is 4.72 Å². The lowest BCUT2D eigenvalue weighted by atomic mass is 9.91. The van der Waals surface area contributed by atoms with Crippen molar-refractivity contribution in [2.24, 2.45) is 5.92 Å². The van der Waals surface area contributed by atoms with E-state index >= 15 is 0 Å². The van der Waals surface area contributed by atoms with Crippen LogP contribution in [0.2, 0.25) is 0 Å². The van der Waals surface area contributed by atoms with Crippen LogP contribution in [0.15, 0.2) is 47.6 Å². The van der Waals surface area contributed by atoms with Crippen LogP contribution in [0.5, 0.6) is 0 Å². The summed E-state index contributed by atoms with van der Waals surface area (Å²) in [5.74, 6) is 0.0752. The molecule has 0 aliphatic heterocycles. The molecule has 0 amide bonds. The smallest absolute Gasteiger partial charge is 0.262 e. The van der Waals surface area contributed by atoms with Crippen LogP contribution in [0, 0.1) is 11.7 Å². The van der Waals surface area contributed by atoms with Crippen molar-refractivity contribution in [3.63, 3.8) is 0 Å². The average Bonchev–Trinajstić information content (AvgIpc) is 2.46. The van der Waals surface area contributed by atoms with Gasteiger partial charge in [0, 0.05) is 6.20 Å². The highest BCUT2D eigenvalue weighted by molar-refractivity contribution is 7.92. The van der Waals surface area contributed by atoms with E-state index in [1.54, 1.807) is 12.3 Å². The van der Waals surface area contributed by atoms with Gasteiger partial charge in [-0.25, -0.2) is 12.8 Å². The summed E-state index contributed by atoms with van der Waals surface area (Å²) in [6.45, 7) is 6.25. The predicted octanol–water partition coefficient (Wildman–Crippen LogP) is 3.78. The van der Waals surface area contributed by atoms with E-state index in [0.29, 0.717) is 11.6 Å². The van der Waals surface area contributed by atoms with Gasteiger partial charge in [-0.1, -0.05) is 26.8 Å². The van der Waals surface area contributed by atoms with Gasteiger partial charge in [-0.2, -0.15) is 0 Å². The van der Waals surface area contributed by atoms with Crippen molar-refractivity contribution in [3.05, 3.63) is 54.1 Å². The molecule has 0 radical (unpaired) electrons. The number of rotatable bonds is 5. The van der Waals surface area contributed by atoms with E-state index in [2.05, 4.69) is 30.5 Å². The molecule has 0 saturated heterocycles. The number of pyridine rings is 1. The van der Waals surface area contributed by atoms with E-state index in [-0.39, 0.29) is 10.8 Å². The molecular formula is C16H19FN2O2S. The van der Waals surface area contributed by atoms with Crippen molar-refractivity contribution in [2.45, 2.75) is 31.6 Å². The lowest BCUT2D eigenvalue weighted by Crippen LogP contribution is -2.14. The van der Waals surface area contributed by atoms with E-state index in [9.17, 15) is 12.8 Å². The van der Waals surface area contributed by atoms with Gasteiger partial charge < -0.3 is 0 Å². The van der Waals surface area contributed by atoms with Gasteiger partial charge in [0.1, 0.15) is 5.82 Å². The zero-order valence-corrected chi connectivity index (χ0v) is 13.6. The summed E-state index contributed by atoms with van der Waals surface area (Å²) >= 11 is 0. The fourth-order valence-corrected chi connectivity index (χ4v) is 3.06. The number of halogens is 1. The first-order valence-electron chi connectivity index (χ1n) is 7.03. The van der Waals surface area contributed by atoms with Gasteiger partial charge >= 0.3 is 0 Å². The third-order valence-corrected chi connectivity index (χ3v) is 5.02. The Hall–Kier alpha value is -1.95. The Labute approximate surface area is 130 Å². The van der Waals surface area contributed by atoms with Crippen LogP contribution in [0.1, 0.15) is 32.3 Å². The van der Waals surface area contributed by atoms with Crippen molar-refractivity contribution in [3.8, 4) is 0 Å². The third-order valence-electron chi connectivity index (χ3n) is 3.64. The fourth-order valence-electron chi connectivity index (χ4n) is 2.00. The molecule has 0 aliphatic carbocycles. The number of aromatic nitrogens is 1. The fraction of sp³-hybridized carbons (Fsp3) is 0.312. The minimum absolute atomic E-state index is 0.116. The van der Waals surface area contributed by atoms with Crippen molar-refractivity contribution >= 4 is 15.7 Å². The summed E-state index contributed by atoms with van der Waals surface area (Å²) in [6.07, 6.45) is 3.16. The number of sulfonamides is 1. The Bertz CT molecular complexity index is 760. The number of nitrogens with zero attached hydrogens (tertiary/aromatic N) is 1. The Morgan fingerprint density at radius 2 is 1.86 bits per heavy atom. The molecule has 22 heavy (non-hydrogen) atoms. The summed E-state index contributed by atoms with van der Waals surface area (Å²) in [7, 11) is -3.83.